The molecule has 1 aromatic heterocycles. The molecule has 3 aromatic rings. The fourth-order valence-corrected chi connectivity index (χ4v) is 3.59. The van der Waals surface area contributed by atoms with Gasteiger partial charge in [0.05, 0.1) is 10.2 Å². The molecule has 2 aromatic carbocycles. The van der Waals surface area contributed by atoms with Gasteiger partial charge in [0.25, 0.3) is 0 Å². The minimum atomic E-state index is -0.317. The normalized spacial score (nSPS) is 11.5. The highest BCUT2D eigenvalue weighted by Crippen LogP contribution is 2.24. The van der Waals surface area contributed by atoms with E-state index in [1.54, 1.807) is 34.9 Å². The van der Waals surface area contributed by atoms with E-state index < -0.39 is 0 Å². The Balaban J connectivity index is 1.77. The summed E-state index contributed by atoms with van der Waals surface area (Å²) in [7, 11) is 0. The third-order valence-corrected chi connectivity index (χ3v) is 4.61. The molecule has 0 aliphatic rings. The monoisotopic (exact) mass is 356 g/mol. The van der Waals surface area contributed by atoms with Crippen molar-refractivity contribution >= 4 is 39.2 Å². The molecule has 1 amide bonds. The van der Waals surface area contributed by atoms with Gasteiger partial charge in [0, 0.05) is 17.8 Å². The van der Waals surface area contributed by atoms with Gasteiger partial charge in [-0.2, -0.15) is 0 Å². The minimum Gasteiger partial charge on any atom is -0.322 e. The number of amides is 1. The van der Waals surface area contributed by atoms with Gasteiger partial charge in [0.2, 0.25) is 5.91 Å². The van der Waals surface area contributed by atoms with Gasteiger partial charge in [-0.05, 0) is 55.8 Å². The standard InChI is InChI=1S/C19H17FN2O2S/c1-12(2)22-16-9-8-15(11-17(16)25-19(22)24)21-18(23)10-5-13-3-6-14(20)7-4-13/h3-12H,1-2H3,(H,21,23)/b10-5+. The number of rotatable bonds is 4. The Morgan fingerprint density at radius 2 is 1.92 bits per heavy atom. The van der Waals surface area contributed by atoms with Crippen LogP contribution < -0.4 is 10.2 Å². The Bertz CT molecular complexity index is 1000. The molecule has 3 rings (SSSR count). The number of anilines is 1. The van der Waals surface area contributed by atoms with Gasteiger partial charge in [-0.25, -0.2) is 4.39 Å². The minimum absolute atomic E-state index is 0.00955. The number of nitrogens with one attached hydrogen (secondary N) is 1. The summed E-state index contributed by atoms with van der Waals surface area (Å²) in [5.41, 5.74) is 2.22. The lowest BCUT2D eigenvalue weighted by molar-refractivity contribution is -0.111. The highest BCUT2D eigenvalue weighted by Gasteiger charge is 2.11. The van der Waals surface area contributed by atoms with E-state index >= 15 is 0 Å². The summed E-state index contributed by atoms with van der Waals surface area (Å²) in [5.74, 6) is -0.610. The van der Waals surface area contributed by atoms with Crippen molar-refractivity contribution in [2.45, 2.75) is 19.9 Å². The number of aromatic nitrogens is 1. The van der Waals surface area contributed by atoms with Crippen LogP contribution in [0.3, 0.4) is 0 Å². The van der Waals surface area contributed by atoms with Gasteiger partial charge in [-0.3, -0.25) is 14.2 Å². The number of carbonyl (C=O) groups is 1. The van der Waals surface area contributed by atoms with Gasteiger partial charge in [0.15, 0.2) is 0 Å². The molecule has 25 heavy (non-hydrogen) atoms. The van der Waals surface area contributed by atoms with Crippen LogP contribution >= 0.6 is 11.3 Å². The van der Waals surface area contributed by atoms with E-state index in [9.17, 15) is 14.0 Å². The van der Waals surface area contributed by atoms with Crippen molar-refractivity contribution in [3.63, 3.8) is 0 Å². The average molecular weight is 356 g/mol. The number of carbonyl (C=O) groups excluding carboxylic acids is 1. The first kappa shape index (κ1) is 17.1. The first-order chi connectivity index (χ1) is 11.9. The predicted molar refractivity (Wildman–Crippen MR) is 101 cm³/mol. The molecule has 0 fully saturated rings. The lowest BCUT2D eigenvalue weighted by Gasteiger charge is -2.08. The van der Waals surface area contributed by atoms with Gasteiger partial charge >= 0.3 is 4.87 Å². The fourth-order valence-electron chi connectivity index (χ4n) is 2.53. The predicted octanol–water partition coefficient (Wildman–Crippen LogP) is 4.43. The number of fused-ring (bicyclic) bond motifs is 1. The average Bonchev–Trinajstić information content (AvgIpc) is 2.89. The van der Waals surface area contributed by atoms with Crippen LogP contribution in [-0.2, 0) is 4.79 Å². The maximum absolute atomic E-state index is 12.9. The van der Waals surface area contributed by atoms with E-state index in [1.807, 2.05) is 19.9 Å². The van der Waals surface area contributed by atoms with Crippen molar-refractivity contribution in [2.24, 2.45) is 0 Å². The number of hydrogen-bond donors (Lipinski definition) is 1. The molecule has 0 aliphatic heterocycles. The largest absolute Gasteiger partial charge is 0.322 e. The van der Waals surface area contributed by atoms with Gasteiger partial charge in [-0.1, -0.05) is 23.5 Å². The van der Waals surface area contributed by atoms with E-state index in [2.05, 4.69) is 5.32 Å². The van der Waals surface area contributed by atoms with Crippen LogP contribution in [0.15, 0.2) is 53.3 Å². The Hall–Kier alpha value is -2.73. The molecule has 4 nitrogen and oxygen atoms in total. The van der Waals surface area contributed by atoms with Crippen LogP contribution in [0, 0.1) is 5.82 Å². The third-order valence-electron chi connectivity index (χ3n) is 3.69. The van der Waals surface area contributed by atoms with Crippen LogP contribution in [0.4, 0.5) is 10.1 Å². The number of halogens is 1. The Labute approximate surface area is 148 Å². The maximum atomic E-state index is 12.9. The lowest BCUT2D eigenvalue weighted by atomic mass is 10.2. The third kappa shape index (κ3) is 3.85. The summed E-state index contributed by atoms with van der Waals surface area (Å²) in [6.07, 6.45) is 3.00. The van der Waals surface area contributed by atoms with Crippen LogP contribution in [0.25, 0.3) is 16.3 Å². The smallest absolute Gasteiger partial charge is 0.308 e. The number of benzene rings is 2. The topological polar surface area (TPSA) is 51.1 Å². The molecule has 0 unspecified atom stereocenters. The molecule has 6 heteroatoms. The zero-order valence-electron chi connectivity index (χ0n) is 13.8. The molecule has 0 radical (unpaired) electrons. The Morgan fingerprint density at radius 1 is 1.20 bits per heavy atom. The maximum Gasteiger partial charge on any atom is 0.308 e. The molecule has 0 saturated carbocycles. The molecule has 1 heterocycles. The van der Waals surface area contributed by atoms with E-state index in [4.69, 9.17) is 0 Å². The van der Waals surface area contributed by atoms with Gasteiger partial charge < -0.3 is 5.32 Å². The molecule has 1 N–H and O–H groups in total. The molecule has 0 saturated heterocycles. The number of hydrogen-bond acceptors (Lipinski definition) is 3. The van der Waals surface area contributed by atoms with E-state index in [-0.39, 0.29) is 22.6 Å². The van der Waals surface area contributed by atoms with Crippen molar-refractivity contribution in [2.75, 3.05) is 5.32 Å². The second-order valence-electron chi connectivity index (χ2n) is 5.89. The van der Waals surface area contributed by atoms with E-state index in [1.165, 1.54) is 18.2 Å². The second kappa shape index (κ2) is 7.03. The van der Waals surface area contributed by atoms with Crippen LogP contribution in [0.1, 0.15) is 25.5 Å². The first-order valence-corrected chi connectivity index (χ1v) is 8.65. The van der Waals surface area contributed by atoms with Gasteiger partial charge in [0.1, 0.15) is 5.82 Å². The fraction of sp³-hybridized carbons (Fsp3) is 0.158. The van der Waals surface area contributed by atoms with Crippen LogP contribution in [-0.4, -0.2) is 10.5 Å². The highest BCUT2D eigenvalue weighted by atomic mass is 32.1. The van der Waals surface area contributed by atoms with Crippen LogP contribution in [0.2, 0.25) is 0 Å². The quantitative estimate of drug-likeness (QED) is 0.703. The molecule has 128 valence electrons. The van der Waals surface area contributed by atoms with E-state index in [0.717, 1.165) is 27.1 Å². The molecular weight excluding hydrogens is 339 g/mol. The summed E-state index contributed by atoms with van der Waals surface area (Å²) in [6.45, 7) is 3.92. The van der Waals surface area contributed by atoms with Crippen LogP contribution in [0.5, 0.6) is 0 Å². The first-order valence-electron chi connectivity index (χ1n) is 7.84. The van der Waals surface area contributed by atoms with Gasteiger partial charge in [-0.15, -0.1) is 0 Å². The SMILES string of the molecule is CC(C)n1c(=O)sc2cc(NC(=O)/C=C/c3ccc(F)cc3)ccc21. The molecular formula is C19H17FN2O2S. The lowest BCUT2D eigenvalue weighted by Crippen LogP contribution is -2.14. The van der Waals surface area contributed by atoms with Crippen molar-refractivity contribution in [3.05, 3.63) is 69.6 Å². The Morgan fingerprint density at radius 3 is 2.60 bits per heavy atom. The molecule has 0 atom stereocenters. The van der Waals surface area contributed by atoms with E-state index in [0.29, 0.717) is 5.69 Å². The summed E-state index contributed by atoms with van der Waals surface area (Å²) in [4.78, 5) is 24.1. The summed E-state index contributed by atoms with van der Waals surface area (Å²) in [6, 6.07) is 11.4. The number of thiazole rings is 1. The zero-order valence-corrected chi connectivity index (χ0v) is 14.6. The number of nitrogens with zero attached hydrogens (tertiary/aromatic N) is 1. The zero-order chi connectivity index (χ0) is 18.0. The molecule has 0 bridgehead atoms. The highest BCUT2D eigenvalue weighted by molar-refractivity contribution is 7.16. The van der Waals surface area contributed by atoms with Crippen molar-refractivity contribution < 1.29 is 9.18 Å². The summed E-state index contributed by atoms with van der Waals surface area (Å²) in [5, 5.41) is 2.77. The van der Waals surface area contributed by atoms with Crippen molar-refractivity contribution in [3.8, 4) is 0 Å². The Kier molecular flexibility index (Phi) is 4.81. The van der Waals surface area contributed by atoms with Crippen molar-refractivity contribution in [1.82, 2.24) is 4.57 Å². The summed E-state index contributed by atoms with van der Waals surface area (Å²) < 4.78 is 15.4. The molecule has 0 aliphatic carbocycles. The second-order valence-corrected chi connectivity index (χ2v) is 6.88. The van der Waals surface area contributed by atoms with Crippen molar-refractivity contribution in [1.29, 1.82) is 0 Å². The summed E-state index contributed by atoms with van der Waals surface area (Å²) >= 11 is 1.16. The molecule has 0 spiro atoms.